The quantitative estimate of drug-likeness (QED) is 0.730. The highest BCUT2D eigenvalue weighted by atomic mass is 35.5. The van der Waals surface area contributed by atoms with Gasteiger partial charge < -0.3 is 4.90 Å². The zero-order valence-corrected chi connectivity index (χ0v) is 16.8. The third-order valence-corrected chi connectivity index (χ3v) is 7.01. The molecule has 3 rings (SSSR count). The Labute approximate surface area is 166 Å². The molecule has 27 heavy (non-hydrogen) atoms. The summed E-state index contributed by atoms with van der Waals surface area (Å²) in [4.78, 5) is 14.3. The van der Waals surface area contributed by atoms with Crippen molar-refractivity contribution in [3.63, 3.8) is 0 Å². The molecular formula is C21H24ClNO3S. The van der Waals surface area contributed by atoms with Crippen molar-refractivity contribution in [2.45, 2.75) is 30.6 Å². The minimum absolute atomic E-state index is 0.137. The van der Waals surface area contributed by atoms with Gasteiger partial charge in [0, 0.05) is 18.1 Å². The van der Waals surface area contributed by atoms with Gasteiger partial charge in [-0.2, -0.15) is 0 Å². The number of aryl methyl sites for hydroxylation is 1. The Morgan fingerprint density at radius 1 is 1.00 bits per heavy atom. The molecule has 0 aromatic heterocycles. The highest BCUT2D eigenvalue weighted by Gasteiger charge is 2.27. The third-order valence-electron chi connectivity index (χ3n) is 5.14. The monoisotopic (exact) mass is 405 g/mol. The van der Waals surface area contributed by atoms with Crippen molar-refractivity contribution >= 4 is 27.3 Å². The average molecular weight is 406 g/mol. The van der Waals surface area contributed by atoms with Crippen LogP contribution < -0.4 is 0 Å². The van der Waals surface area contributed by atoms with Crippen LogP contribution in [0.1, 0.15) is 24.8 Å². The number of benzene rings is 2. The normalized spacial score (nSPS) is 15.7. The number of amides is 1. The lowest BCUT2D eigenvalue weighted by molar-refractivity contribution is -0.129. The van der Waals surface area contributed by atoms with Gasteiger partial charge in [0.05, 0.1) is 4.90 Å². The molecule has 6 heteroatoms. The van der Waals surface area contributed by atoms with Crippen LogP contribution >= 0.6 is 11.6 Å². The molecule has 1 saturated heterocycles. The Hall–Kier alpha value is -1.85. The molecule has 144 valence electrons. The number of piperidine rings is 1. The highest BCUT2D eigenvalue weighted by molar-refractivity contribution is 7.92. The number of likely N-dealkylation sites (tertiary alicyclic amines) is 1. The summed E-state index contributed by atoms with van der Waals surface area (Å²) in [6.07, 6.45) is 4.01. The molecule has 0 saturated carbocycles. The summed E-state index contributed by atoms with van der Waals surface area (Å²) in [6.45, 7) is 1.27. The Morgan fingerprint density at radius 3 is 2.26 bits per heavy atom. The first-order valence-electron chi connectivity index (χ1n) is 9.24. The zero-order chi connectivity index (χ0) is 19.3. The number of carbonyl (C=O) groups excluding carboxylic acids is 1. The lowest BCUT2D eigenvalue weighted by Gasteiger charge is -2.32. The van der Waals surface area contributed by atoms with E-state index < -0.39 is 15.6 Å². The highest BCUT2D eigenvalue weighted by Crippen LogP contribution is 2.23. The second kappa shape index (κ2) is 8.89. The Morgan fingerprint density at radius 2 is 1.63 bits per heavy atom. The van der Waals surface area contributed by atoms with E-state index in [0.717, 1.165) is 25.7 Å². The fourth-order valence-electron chi connectivity index (χ4n) is 3.47. The molecule has 0 radical (unpaired) electrons. The van der Waals surface area contributed by atoms with Gasteiger partial charge >= 0.3 is 0 Å². The maximum atomic E-state index is 12.5. The van der Waals surface area contributed by atoms with Gasteiger partial charge in [-0.15, -0.1) is 0 Å². The van der Waals surface area contributed by atoms with Crippen LogP contribution in [0.15, 0.2) is 59.5 Å². The number of sulfone groups is 1. The minimum Gasteiger partial charge on any atom is -0.342 e. The van der Waals surface area contributed by atoms with Crippen LogP contribution in [0.5, 0.6) is 0 Å². The summed E-state index contributed by atoms with van der Waals surface area (Å²) < 4.78 is 24.9. The first kappa shape index (κ1) is 19.9. The zero-order valence-electron chi connectivity index (χ0n) is 15.2. The largest absolute Gasteiger partial charge is 0.342 e. The smallest absolute Gasteiger partial charge is 0.238 e. The first-order chi connectivity index (χ1) is 12.9. The van der Waals surface area contributed by atoms with E-state index in [1.807, 2.05) is 6.07 Å². The summed E-state index contributed by atoms with van der Waals surface area (Å²) in [5.74, 6) is -0.211. The van der Waals surface area contributed by atoms with Crippen LogP contribution in [0, 0.1) is 5.92 Å². The van der Waals surface area contributed by atoms with Crippen LogP contribution in [0.4, 0.5) is 0 Å². The van der Waals surface area contributed by atoms with E-state index in [4.69, 9.17) is 11.6 Å². The van der Waals surface area contributed by atoms with E-state index in [-0.39, 0.29) is 10.8 Å². The van der Waals surface area contributed by atoms with Gasteiger partial charge in [0.15, 0.2) is 9.84 Å². The first-order valence-corrected chi connectivity index (χ1v) is 11.3. The SMILES string of the molecule is O=C(CS(=O)(=O)c1ccc(Cl)cc1)N1CCC(CCc2ccccc2)CC1. The van der Waals surface area contributed by atoms with Crippen LogP contribution in [0.25, 0.3) is 0 Å². The summed E-state index contributed by atoms with van der Waals surface area (Å²) in [7, 11) is -3.64. The molecule has 1 aliphatic rings. The van der Waals surface area contributed by atoms with E-state index >= 15 is 0 Å². The molecule has 0 bridgehead atoms. The number of rotatable bonds is 6. The number of halogens is 1. The summed E-state index contributed by atoms with van der Waals surface area (Å²) in [6, 6.07) is 16.3. The topological polar surface area (TPSA) is 54.5 Å². The standard InChI is InChI=1S/C21H24ClNO3S/c22-19-8-10-20(11-9-19)27(25,26)16-21(24)23-14-12-18(13-15-23)7-6-17-4-2-1-3-5-17/h1-5,8-11,18H,6-7,12-16H2. The van der Waals surface area contributed by atoms with E-state index in [9.17, 15) is 13.2 Å². The van der Waals surface area contributed by atoms with Crippen molar-refractivity contribution in [2.75, 3.05) is 18.8 Å². The third kappa shape index (κ3) is 5.56. The maximum Gasteiger partial charge on any atom is 0.238 e. The van der Waals surface area contributed by atoms with Gasteiger partial charge in [-0.1, -0.05) is 41.9 Å². The maximum absolute atomic E-state index is 12.5. The predicted molar refractivity (Wildman–Crippen MR) is 108 cm³/mol. The number of hydrogen-bond donors (Lipinski definition) is 0. The Kier molecular flexibility index (Phi) is 6.55. The number of hydrogen-bond acceptors (Lipinski definition) is 3. The molecule has 0 unspecified atom stereocenters. The van der Waals surface area contributed by atoms with Crippen molar-refractivity contribution in [1.82, 2.24) is 4.90 Å². The second-order valence-electron chi connectivity index (χ2n) is 7.06. The van der Waals surface area contributed by atoms with Crippen molar-refractivity contribution in [2.24, 2.45) is 5.92 Å². The molecule has 4 nitrogen and oxygen atoms in total. The van der Waals surface area contributed by atoms with Gasteiger partial charge in [-0.3, -0.25) is 4.79 Å². The van der Waals surface area contributed by atoms with Crippen molar-refractivity contribution in [3.05, 3.63) is 65.2 Å². The molecule has 0 spiro atoms. The molecule has 0 N–H and O–H groups in total. The fraction of sp³-hybridized carbons (Fsp3) is 0.381. The van der Waals surface area contributed by atoms with Gasteiger partial charge in [-0.05, 0) is 61.4 Å². The van der Waals surface area contributed by atoms with Gasteiger partial charge in [0.25, 0.3) is 0 Å². The van der Waals surface area contributed by atoms with Crippen LogP contribution in [-0.2, 0) is 21.1 Å². The molecule has 2 aromatic rings. The molecule has 1 aliphatic heterocycles. The molecule has 1 fully saturated rings. The van der Waals surface area contributed by atoms with Crippen LogP contribution in [0.2, 0.25) is 5.02 Å². The Bertz CT molecular complexity index is 858. The number of nitrogens with zero attached hydrogens (tertiary/aromatic N) is 1. The fourth-order valence-corrected chi connectivity index (χ4v) is 4.82. The molecule has 2 aromatic carbocycles. The lowest BCUT2D eigenvalue weighted by atomic mass is 9.90. The average Bonchev–Trinajstić information content (AvgIpc) is 2.67. The Balaban J connectivity index is 1.49. The van der Waals surface area contributed by atoms with E-state index in [0.29, 0.717) is 24.0 Å². The van der Waals surface area contributed by atoms with Crippen molar-refractivity contribution in [1.29, 1.82) is 0 Å². The van der Waals surface area contributed by atoms with Crippen LogP contribution in [0.3, 0.4) is 0 Å². The van der Waals surface area contributed by atoms with Gasteiger partial charge in [-0.25, -0.2) is 8.42 Å². The molecule has 1 amide bonds. The predicted octanol–water partition coefficient (Wildman–Crippen LogP) is 3.99. The van der Waals surface area contributed by atoms with Gasteiger partial charge in [0.2, 0.25) is 5.91 Å². The van der Waals surface area contributed by atoms with Crippen molar-refractivity contribution in [3.8, 4) is 0 Å². The minimum atomic E-state index is -3.64. The number of carbonyl (C=O) groups is 1. The summed E-state index contributed by atoms with van der Waals surface area (Å²) in [5, 5.41) is 0.470. The van der Waals surface area contributed by atoms with E-state index in [1.54, 1.807) is 4.90 Å². The van der Waals surface area contributed by atoms with E-state index in [2.05, 4.69) is 24.3 Å². The second-order valence-corrected chi connectivity index (χ2v) is 9.49. The van der Waals surface area contributed by atoms with Gasteiger partial charge in [0.1, 0.15) is 5.75 Å². The molecular weight excluding hydrogens is 382 g/mol. The molecule has 0 aliphatic carbocycles. The summed E-state index contributed by atoms with van der Waals surface area (Å²) in [5.41, 5.74) is 1.34. The summed E-state index contributed by atoms with van der Waals surface area (Å²) >= 11 is 5.80. The van der Waals surface area contributed by atoms with Crippen LogP contribution in [-0.4, -0.2) is 38.1 Å². The van der Waals surface area contributed by atoms with E-state index in [1.165, 1.54) is 29.8 Å². The lowest BCUT2D eigenvalue weighted by Crippen LogP contribution is -2.41. The molecule has 1 heterocycles. The van der Waals surface area contributed by atoms with Crippen molar-refractivity contribution < 1.29 is 13.2 Å². The molecule has 0 atom stereocenters.